The van der Waals surface area contributed by atoms with Gasteiger partial charge in [0.2, 0.25) is 0 Å². The number of ether oxygens (including phenoxy) is 1. The van der Waals surface area contributed by atoms with Crippen LogP contribution in [0, 0.1) is 11.3 Å². The van der Waals surface area contributed by atoms with Crippen LogP contribution < -0.4 is 0 Å². The monoisotopic (exact) mass is 186 g/mol. The van der Waals surface area contributed by atoms with Gasteiger partial charge < -0.3 is 9.84 Å². The Labute approximate surface area is 79.1 Å². The molecule has 3 nitrogen and oxygen atoms in total. The Morgan fingerprint density at radius 2 is 2.23 bits per heavy atom. The molecule has 0 saturated heterocycles. The topological polar surface area (TPSA) is 46.5 Å². The van der Waals surface area contributed by atoms with Crippen molar-refractivity contribution in [3.05, 3.63) is 0 Å². The number of hydrogen-bond donors (Lipinski definition) is 1. The average molecular weight is 186 g/mol. The van der Waals surface area contributed by atoms with E-state index in [-0.39, 0.29) is 6.10 Å². The van der Waals surface area contributed by atoms with Gasteiger partial charge in [-0.15, -0.1) is 0 Å². The minimum Gasteiger partial charge on any atom is -0.481 e. The molecule has 1 saturated carbocycles. The molecule has 3 heteroatoms. The van der Waals surface area contributed by atoms with Crippen molar-refractivity contribution in [3.8, 4) is 0 Å². The maximum atomic E-state index is 11.0. The molecule has 1 atom stereocenters. The van der Waals surface area contributed by atoms with Crippen molar-refractivity contribution in [1.29, 1.82) is 0 Å². The molecule has 1 rings (SSSR count). The van der Waals surface area contributed by atoms with E-state index in [0.29, 0.717) is 12.3 Å². The van der Waals surface area contributed by atoms with Crippen LogP contribution in [0.5, 0.6) is 0 Å². The molecule has 1 unspecified atom stereocenters. The summed E-state index contributed by atoms with van der Waals surface area (Å²) < 4.78 is 5.10. The predicted octanol–water partition coefficient (Wildman–Crippen LogP) is 1.91. The molecule has 0 amide bonds. The number of aliphatic carboxylic acids is 1. The first-order chi connectivity index (χ1) is 6.00. The van der Waals surface area contributed by atoms with Crippen molar-refractivity contribution in [2.75, 3.05) is 7.11 Å². The molecule has 76 valence electrons. The average Bonchev–Trinajstić information content (AvgIpc) is 2.00. The van der Waals surface area contributed by atoms with Crippen LogP contribution in [0.1, 0.15) is 33.1 Å². The second kappa shape index (κ2) is 3.66. The van der Waals surface area contributed by atoms with E-state index >= 15 is 0 Å². The number of carboxylic acid groups (broad SMARTS) is 1. The zero-order valence-electron chi connectivity index (χ0n) is 8.54. The second-order valence-corrected chi connectivity index (χ2v) is 4.35. The van der Waals surface area contributed by atoms with Gasteiger partial charge in [0, 0.05) is 7.11 Å². The normalized spacial score (nSPS) is 35.2. The van der Waals surface area contributed by atoms with Gasteiger partial charge in [-0.25, -0.2) is 0 Å². The molecule has 1 aliphatic carbocycles. The highest BCUT2D eigenvalue weighted by molar-refractivity contribution is 5.75. The first-order valence-corrected chi connectivity index (χ1v) is 4.76. The van der Waals surface area contributed by atoms with Gasteiger partial charge in [0.25, 0.3) is 0 Å². The van der Waals surface area contributed by atoms with Crippen LogP contribution in [-0.4, -0.2) is 24.3 Å². The number of carbonyl (C=O) groups is 1. The van der Waals surface area contributed by atoms with Gasteiger partial charge in [0.1, 0.15) is 0 Å². The van der Waals surface area contributed by atoms with E-state index in [4.69, 9.17) is 9.84 Å². The number of methoxy groups -OCH3 is 1. The van der Waals surface area contributed by atoms with Gasteiger partial charge in [-0.1, -0.05) is 6.92 Å². The summed E-state index contributed by atoms with van der Waals surface area (Å²) in [5, 5.41) is 9.09. The highest BCUT2D eigenvalue weighted by atomic mass is 16.5. The Kier molecular flexibility index (Phi) is 2.96. The summed E-state index contributed by atoms with van der Waals surface area (Å²) in [6, 6.07) is 0. The SMILES string of the molecule is COC(C)CC1(C(=O)O)CC(C)C1. The first-order valence-electron chi connectivity index (χ1n) is 4.76. The van der Waals surface area contributed by atoms with Crippen molar-refractivity contribution in [2.45, 2.75) is 39.2 Å². The summed E-state index contributed by atoms with van der Waals surface area (Å²) in [5.41, 5.74) is -0.491. The summed E-state index contributed by atoms with van der Waals surface area (Å²) >= 11 is 0. The van der Waals surface area contributed by atoms with Crippen LogP contribution in [0.3, 0.4) is 0 Å². The van der Waals surface area contributed by atoms with Crippen molar-refractivity contribution in [3.63, 3.8) is 0 Å². The molecule has 1 aliphatic rings. The highest BCUT2D eigenvalue weighted by Crippen LogP contribution is 2.49. The Balaban J connectivity index is 2.55. The maximum Gasteiger partial charge on any atom is 0.309 e. The molecule has 1 N–H and O–H groups in total. The third-order valence-corrected chi connectivity index (χ3v) is 3.01. The standard InChI is InChI=1S/C10H18O3/c1-7-4-10(5-7,9(11)12)6-8(2)13-3/h7-8H,4-6H2,1-3H3,(H,11,12). The van der Waals surface area contributed by atoms with E-state index in [1.165, 1.54) is 0 Å². The maximum absolute atomic E-state index is 11.0. The van der Waals surface area contributed by atoms with Gasteiger partial charge in [-0.05, 0) is 32.1 Å². The lowest BCUT2D eigenvalue weighted by Gasteiger charge is -2.44. The quantitative estimate of drug-likeness (QED) is 0.729. The predicted molar refractivity (Wildman–Crippen MR) is 49.6 cm³/mol. The molecule has 0 aliphatic heterocycles. The number of carboxylic acids is 1. The number of hydrogen-bond acceptors (Lipinski definition) is 2. The van der Waals surface area contributed by atoms with E-state index in [0.717, 1.165) is 12.8 Å². The van der Waals surface area contributed by atoms with Crippen LogP contribution in [0.4, 0.5) is 0 Å². The fraction of sp³-hybridized carbons (Fsp3) is 0.900. The number of rotatable bonds is 4. The van der Waals surface area contributed by atoms with E-state index in [9.17, 15) is 4.79 Å². The van der Waals surface area contributed by atoms with Gasteiger partial charge in [-0.2, -0.15) is 0 Å². The molecule has 0 aromatic heterocycles. The lowest BCUT2D eigenvalue weighted by molar-refractivity contribution is -0.161. The Bertz CT molecular complexity index is 194. The molecule has 0 spiro atoms. The summed E-state index contributed by atoms with van der Waals surface area (Å²) in [7, 11) is 1.63. The zero-order chi connectivity index (χ0) is 10.1. The molecule has 0 aromatic carbocycles. The van der Waals surface area contributed by atoms with Crippen LogP contribution in [0.25, 0.3) is 0 Å². The molecule has 0 bridgehead atoms. The van der Waals surface area contributed by atoms with E-state index in [1.807, 2.05) is 6.92 Å². The lowest BCUT2D eigenvalue weighted by Crippen LogP contribution is -2.45. The highest BCUT2D eigenvalue weighted by Gasteiger charge is 2.49. The molecule has 0 heterocycles. The zero-order valence-corrected chi connectivity index (χ0v) is 8.54. The fourth-order valence-electron chi connectivity index (χ4n) is 2.34. The van der Waals surface area contributed by atoms with Crippen LogP contribution in [-0.2, 0) is 9.53 Å². The van der Waals surface area contributed by atoms with E-state index < -0.39 is 11.4 Å². The van der Waals surface area contributed by atoms with Gasteiger partial charge >= 0.3 is 5.97 Å². The summed E-state index contributed by atoms with van der Waals surface area (Å²) in [4.78, 5) is 11.0. The first kappa shape index (κ1) is 10.5. The van der Waals surface area contributed by atoms with Crippen molar-refractivity contribution in [1.82, 2.24) is 0 Å². The minimum absolute atomic E-state index is 0.0450. The van der Waals surface area contributed by atoms with Crippen LogP contribution in [0.15, 0.2) is 0 Å². The van der Waals surface area contributed by atoms with Crippen molar-refractivity contribution in [2.24, 2.45) is 11.3 Å². The molecule has 13 heavy (non-hydrogen) atoms. The molecular weight excluding hydrogens is 168 g/mol. The Morgan fingerprint density at radius 3 is 2.54 bits per heavy atom. The molecule has 0 aromatic rings. The smallest absolute Gasteiger partial charge is 0.309 e. The van der Waals surface area contributed by atoms with Crippen LogP contribution >= 0.6 is 0 Å². The fourth-order valence-corrected chi connectivity index (χ4v) is 2.34. The van der Waals surface area contributed by atoms with Crippen molar-refractivity contribution >= 4 is 5.97 Å². The minimum atomic E-state index is -0.658. The van der Waals surface area contributed by atoms with Gasteiger partial charge in [-0.3, -0.25) is 4.79 Å². The third kappa shape index (κ3) is 2.02. The lowest BCUT2D eigenvalue weighted by atomic mass is 9.60. The summed E-state index contributed by atoms with van der Waals surface area (Å²) in [6.07, 6.45) is 2.29. The van der Waals surface area contributed by atoms with Crippen LogP contribution in [0.2, 0.25) is 0 Å². The Morgan fingerprint density at radius 1 is 1.69 bits per heavy atom. The second-order valence-electron chi connectivity index (χ2n) is 4.35. The van der Waals surface area contributed by atoms with Crippen molar-refractivity contribution < 1.29 is 14.6 Å². The molecule has 0 radical (unpaired) electrons. The van der Waals surface area contributed by atoms with E-state index in [1.54, 1.807) is 7.11 Å². The Hall–Kier alpha value is -0.570. The molecular formula is C10H18O3. The molecule has 1 fully saturated rings. The van der Waals surface area contributed by atoms with E-state index in [2.05, 4.69) is 6.92 Å². The summed E-state index contributed by atoms with van der Waals surface area (Å²) in [5.74, 6) is -0.102. The van der Waals surface area contributed by atoms with Gasteiger partial charge in [0.05, 0.1) is 11.5 Å². The third-order valence-electron chi connectivity index (χ3n) is 3.01. The largest absolute Gasteiger partial charge is 0.481 e. The summed E-state index contributed by atoms with van der Waals surface area (Å²) in [6.45, 7) is 4.02. The van der Waals surface area contributed by atoms with Gasteiger partial charge in [0.15, 0.2) is 0 Å².